The van der Waals surface area contributed by atoms with Crippen molar-refractivity contribution in [1.29, 1.82) is 0 Å². The Kier molecular flexibility index (Phi) is 7.61. The van der Waals surface area contributed by atoms with Gasteiger partial charge in [-0.1, -0.05) is 40.2 Å². The first kappa shape index (κ1) is 27.6. The standard InChI is InChI=1S/C31H44BrNO3S/c1-17(2)29(25-8-9-26(32)37-25)33-27(36)14-18(3)21-6-7-22-28-23(11-13-31(21,22)5)30(4)12-10-20(34)15-19(30)16-24(28)35/h8-9,15,17-18,21-24,28-29,35H,6-7,10-14,16H2,1-5H3,(H,33,36)/t18-,21-,22+,23+,24-,28+,29-,30+,31-/m1/s1. The van der Waals surface area contributed by atoms with Crippen LogP contribution in [0.5, 0.6) is 0 Å². The van der Waals surface area contributed by atoms with Gasteiger partial charge in [-0.25, -0.2) is 0 Å². The van der Waals surface area contributed by atoms with Crippen LogP contribution in [-0.4, -0.2) is 22.9 Å². The van der Waals surface area contributed by atoms with Crippen molar-refractivity contribution in [1.82, 2.24) is 5.32 Å². The van der Waals surface area contributed by atoms with Crippen molar-refractivity contribution in [3.63, 3.8) is 0 Å². The van der Waals surface area contributed by atoms with Crippen LogP contribution in [0.2, 0.25) is 0 Å². The number of ketones is 1. The SMILES string of the molecule is CC(C)[C@@H](NC(=O)C[C@@H](C)[C@H]1CC[C@H]2[C@@H]3[C@H](O)CC4=CC(=O)CC[C@]4(C)[C@H]3CC[C@]12C)c1ccc(Br)s1. The average Bonchev–Trinajstić information content (AvgIpc) is 3.41. The second-order valence-electron chi connectivity index (χ2n) is 13.5. The van der Waals surface area contributed by atoms with Gasteiger partial charge in [0, 0.05) is 17.7 Å². The molecule has 204 valence electrons. The molecule has 6 heteroatoms. The van der Waals surface area contributed by atoms with E-state index in [1.165, 1.54) is 10.5 Å². The van der Waals surface area contributed by atoms with Gasteiger partial charge in [-0.3, -0.25) is 9.59 Å². The third kappa shape index (κ3) is 4.82. The lowest BCUT2D eigenvalue weighted by molar-refractivity contribution is -0.128. The van der Waals surface area contributed by atoms with E-state index in [4.69, 9.17) is 0 Å². The Morgan fingerprint density at radius 2 is 1.92 bits per heavy atom. The Morgan fingerprint density at radius 3 is 2.59 bits per heavy atom. The molecule has 4 nitrogen and oxygen atoms in total. The second-order valence-corrected chi connectivity index (χ2v) is 16.0. The van der Waals surface area contributed by atoms with E-state index in [0.29, 0.717) is 54.8 Å². The molecule has 1 amide bonds. The molecule has 0 saturated heterocycles. The molecule has 4 aliphatic rings. The van der Waals surface area contributed by atoms with Crippen LogP contribution in [0.15, 0.2) is 27.6 Å². The summed E-state index contributed by atoms with van der Waals surface area (Å²) in [7, 11) is 0. The van der Waals surface area contributed by atoms with Crippen molar-refractivity contribution < 1.29 is 14.7 Å². The van der Waals surface area contributed by atoms with Gasteiger partial charge in [-0.15, -0.1) is 11.3 Å². The first-order chi connectivity index (χ1) is 17.4. The smallest absolute Gasteiger partial charge is 0.220 e. The Hall–Kier alpha value is -0.980. The van der Waals surface area contributed by atoms with Crippen LogP contribution in [0.4, 0.5) is 0 Å². The lowest BCUT2D eigenvalue weighted by Crippen LogP contribution is -2.55. The predicted octanol–water partition coefficient (Wildman–Crippen LogP) is 7.47. The number of nitrogens with one attached hydrogen (secondary N) is 1. The van der Waals surface area contributed by atoms with Crippen molar-refractivity contribution in [3.8, 4) is 0 Å². The fourth-order valence-corrected chi connectivity index (χ4v) is 10.9. The zero-order valence-corrected chi connectivity index (χ0v) is 25.5. The third-order valence-corrected chi connectivity index (χ3v) is 12.8. The van der Waals surface area contributed by atoms with E-state index in [9.17, 15) is 14.7 Å². The largest absolute Gasteiger partial charge is 0.392 e. The molecule has 4 aliphatic carbocycles. The van der Waals surface area contributed by atoms with Gasteiger partial charge < -0.3 is 10.4 Å². The van der Waals surface area contributed by atoms with Crippen LogP contribution in [0, 0.1) is 46.3 Å². The summed E-state index contributed by atoms with van der Waals surface area (Å²) < 4.78 is 1.09. The van der Waals surface area contributed by atoms with Gasteiger partial charge >= 0.3 is 0 Å². The van der Waals surface area contributed by atoms with E-state index >= 15 is 0 Å². The van der Waals surface area contributed by atoms with Crippen LogP contribution in [0.25, 0.3) is 0 Å². The summed E-state index contributed by atoms with van der Waals surface area (Å²) in [6, 6.07) is 4.22. The van der Waals surface area contributed by atoms with Crippen LogP contribution in [0.1, 0.15) is 96.9 Å². The fourth-order valence-electron chi connectivity index (χ4n) is 9.23. The highest BCUT2D eigenvalue weighted by Gasteiger charge is 2.61. The Labute approximate surface area is 235 Å². The first-order valence-electron chi connectivity index (χ1n) is 14.4. The molecule has 0 aromatic carbocycles. The van der Waals surface area contributed by atoms with Gasteiger partial charge in [0.1, 0.15) is 0 Å². The Bertz CT molecular complexity index is 1080. The zero-order valence-electron chi connectivity index (χ0n) is 23.1. The summed E-state index contributed by atoms with van der Waals surface area (Å²) in [5, 5.41) is 14.8. The maximum Gasteiger partial charge on any atom is 0.220 e. The number of hydrogen-bond donors (Lipinski definition) is 2. The van der Waals surface area contributed by atoms with E-state index in [1.54, 1.807) is 11.3 Å². The quantitative estimate of drug-likeness (QED) is 0.361. The number of carbonyl (C=O) groups is 2. The molecule has 2 N–H and O–H groups in total. The summed E-state index contributed by atoms with van der Waals surface area (Å²) in [6.45, 7) is 11.4. The van der Waals surface area contributed by atoms with Gasteiger partial charge in [-0.2, -0.15) is 0 Å². The Balaban J connectivity index is 1.29. The number of hydrogen-bond acceptors (Lipinski definition) is 4. The normalized spacial score (nSPS) is 38.9. The number of rotatable bonds is 6. The molecule has 0 aliphatic heterocycles. The van der Waals surface area contributed by atoms with Gasteiger partial charge in [0.25, 0.3) is 0 Å². The predicted molar refractivity (Wildman–Crippen MR) is 153 cm³/mol. The minimum absolute atomic E-state index is 0.0427. The maximum absolute atomic E-state index is 13.3. The number of thiophene rings is 1. The molecule has 0 radical (unpaired) electrons. The summed E-state index contributed by atoms with van der Waals surface area (Å²) in [4.78, 5) is 26.6. The minimum atomic E-state index is -0.353. The highest BCUT2D eigenvalue weighted by Crippen LogP contribution is 2.67. The number of amides is 1. The van der Waals surface area contributed by atoms with E-state index < -0.39 is 0 Å². The molecule has 3 saturated carbocycles. The molecule has 1 aromatic heterocycles. The van der Waals surface area contributed by atoms with Crippen molar-refractivity contribution in [2.24, 2.45) is 46.3 Å². The molecular formula is C31H44BrNO3S. The van der Waals surface area contributed by atoms with Crippen molar-refractivity contribution >= 4 is 39.0 Å². The van der Waals surface area contributed by atoms with Crippen LogP contribution < -0.4 is 5.32 Å². The fraction of sp³-hybridized carbons (Fsp3) is 0.742. The highest BCUT2D eigenvalue weighted by molar-refractivity contribution is 9.11. The highest BCUT2D eigenvalue weighted by atomic mass is 79.9. The van der Waals surface area contributed by atoms with Crippen LogP contribution >= 0.6 is 27.3 Å². The van der Waals surface area contributed by atoms with Crippen LogP contribution in [0.3, 0.4) is 0 Å². The molecule has 0 spiro atoms. The number of aliphatic hydroxyl groups is 1. The molecule has 5 rings (SSSR count). The number of halogens is 1. The van der Waals surface area contributed by atoms with Gasteiger partial charge in [-0.05, 0) is 119 Å². The molecule has 1 aromatic rings. The first-order valence-corrected chi connectivity index (χ1v) is 16.0. The minimum Gasteiger partial charge on any atom is -0.392 e. The van der Waals surface area contributed by atoms with Crippen LogP contribution in [-0.2, 0) is 9.59 Å². The van der Waals surface area contributed by atoms with Gasteiger partial charge in [0.05, 0.1) is 15.9 Å². The second kappa shape index (κ2) is 10.2. The molecule has 9 atom stereocenters. The number of fused-ring (bicyclic) bond motifs is 5. The number of carbonyl (C=O) groups excluding carboxylic acids is 2. The molecular weight excluding hydrogens is 546 g/mol. The van der Waals surface area contributed by atoms with Crippen molar-refractivity contribution in [3.05, 3.63) is 32.4 Å². The Morgan fingerprint density at radius 1 is 1.16 bits per heavy atom. The number of aliphatic hydroxyl groups excluding tert-OH is 1. The van der Waals surface area contributed by atoms with Crippen molar-refractivity contribution in [2.45, 2.75) is 98.1 Å². The van der Waals surface area contributed by atoms with E-state index in [1.807, 2.05) is 6.08 Å². The lowest BCUT2D eigenvalue weighted by atomic mass is 9.45. The van der Waals surface area contributed by atoms with E-state index in [0.717, 1.165) is 35.9 Å². The lowest BCUT2D eigenvalue weighted by Gasteiger charge is -2.59. The summed E-state index contributed by atoms with van der Waals surface area (Å²) in [5.74, 6) is 2.81. The third-order valence-electron chi connectivity index (χ3n) is 11.1. The molecule has 3 fully saturated rings. The van der Waals surface area contributed by atoms with Gasteiger partial charge in [0.2, 0.25) is 5.91 Å². The van der Waals surface area contributed by atoms with Gasteiger partial charge in [0.15, 0.2) is 5.78 Å². The molecule has 0 bridgehead atoms. The van der Waals surface area contributed by atoms with E-state index in [2.05, 4.69) is 68.0 Å². The summed E-state index contributed by atoms with van der Waals surface area (Å²) in [6.07, 6.45) is 8.91. The average molecular weight is 591 g/mol. The monoisotopic (exact) mass is 589 g/mol. The maximum atomic E-state index is 13.3. The van der Waals surface area contributed by atoms with Crippen molar-refractivity contribution in [2.75, 3.05) is 0 Å². The molecule has 37 heavy (non-hydrogen) atoms. The summed E-state index contributed by atoms with van der Waals surface area (Å²) in [5.41, 5.74) is 1.43. The molecule has 1 heterocycles. The molecule has 0 unspecified atom stereocenters. The zero-order chi connectivity index (χ0) is 26.7. The topological polar surface area (TPSA) is 66.4 Å². The summed E-state index contributed by atoms with van der Waals surface area (Å²) >= 11 is 5.26. The van der Waals surface area contributed by atoms with E-state index in [-0.39, 0.29) is 34.7 Å².